The summed E-state index contributed by atoms with van der Waals surface area (Å²) in [6.07, 6.45) is 17.5. The van der Waals surface area contributed by atoms with E-state index in [9.17, 15) is 0 Å². The smallest absolute Gasteiger partial charge is 0.167 e. The van der Waals surface area contributed by atoms with Gasteiger partial charge in [-0.15, -0.1) is 0 Å². The van der Waals surface area contributed by atoms with Crippen molar-refractivity contribution < 1.29 is 4.52 Å². The first kappa shape index (κ1) is 17.1. The zero-order valence-corrected chi connectivity index (χ0v) is 13.2. The molecule has 3 heteroatoms. The van der Waals surface area contributed by atoms with Crippen LogP contribution in [-0.2, 0) is 6.42 Å². The first-order chi connectivity index (χ1) is 9.83. The van der Waals surface area contributed by atoms with Gasteiger partial charge in [-0.3, -0.25) is 0 Å². The van der Waals surface area contributed by atoms with E-state index in [0.29, 0.717) is 5.82 Å². The molecular weight excluding hydrogens is 248 g/mol. The van der Waals surface area contributed by atoms with Gasteiger partial charge in [0.15, 0.2) is 5.82 Å². The lowest BCUT2D eigenvalue weighted by Crippen LogP contribution is -1.85. The second kappa shape index (κ2) is 11.8. The van der Waals surface area contributed by atoms with E-state index in [2.05, 4.69) is 12.1 Å². The number of anilines is 1. The summed E-state index contributed by atoms with van der Waals surface area (Å²) >= 11 is 0. The van der Waals surface area contributed by atoms with Gasteiger partial charge in [0.2, 0.25) is 0 Å². The Hall–Kier alpha value is -0.990. The summed E-state index contributed by atoms with van der Waals surface area (Å²) < 4.78 is 5.09. The van der Waals surface area contributed by atoms with Gasteiger partial charge in [0.1, 0.15) is 5.76 Å². The molecule has 116 valence electrons. The second-order valence-corrected chi connectivity index (χ2v) is 5.86. The van der Waals surface area contributed by atoms with E-state index in [1.165, 1.54) is 77.0 Å². The highest BCUT2D eigenvalue weighted by Crippen LogP contribution is 2.13. The zero-order chi connectivity index (χ0) is 14.5. The van der Waals surface area contributed by atoms with Crippen LogP contribution in [0.2, 0.25) is 0 Å². The standard InChI is InChI=1S/C17H32N2O/c1-2-3-4-5-6-7-8-9-10-11-12-13-14-16-15-17(18)19-20-16/h15H,2-14H2,1H3,(H2,18,19). The van der Waals surface area contributed by atoms with Gasteiger partial charge in [-0.2, -0.15) is 0 Å². The maximum absolute atomic E-state index is 5.51. The quantitative estimate of drug-likeness (QED) is 0.485. The topological polar surface area (TPSA) is 52.0 Å². The van der Waals surface area contributed by atoms with Crippen molar-refractivity contribution in [3.63, 3.8) is 0 Å². The summed E-state index contributed by atoms with van der Waals surface area (Å²) in [5.41, 5.74) is 5.51. The Kier molecular flexibility index (Phi) is 10.1. The van der Waals surface area contributed by atoms with E-state index < -0.39 is 0 Å². The van der Waals surface area contributed by atoms with E-state index in [-0.39, 0.29) is 0 Å². The van der Waals surface area contributed by atoms with Gasteiger partial charge in [-0.1, -0.05) is 82.7 Å². The Morgan fingerprint density at radius 3 is 1.80 bits per heavy atom. The number of nitrogen functional groups attached to an aromatic ring is 1. The molecule has 0 aliphatic rings. The molecule has 0 bridgehead atoms. The van der Waals surface area contributed by atoms with Gasteiger partial charge in [-0.25, -0.2) is 0 Å². The maximum Gasteiger partial charge on any atom is 0.167 e. The average molecular weight is 280 g/mol. The lowest BCUT2D eigenvalue weighted by molar-refractivity contribution is 0.381. The number of hydrogen-bond donors (Lipinski definition) is 1. The fraction of sp³-hybridized carbons (Fsp3) is 0.824. The van der Waals surface area contributed by atoms with Crippen molar-refractivity contribution in [3.8, 4) is 0 Å². The van der Waals surface area contributed by atoms with Crippen LogP contribution in [0, 0.1) is 0 Å². The van der Waals surface area contributed by atoms with Gasteiger partial charge in [0, 0.05) is 12.5 Å². The highest BCUT2D eigenvalue weighted by Gasteiger charge is 2.00. The molecule has 2 N–H and O–H groups in total. The number of aromatic nitrogens is 1. The van der Waals surface area contributed by atoms with Gasteiger partial charge in [0.25, 0.3) is 0 Å². The molecule has 0 unspecified atom stereocenters. The van der Waals surface area contributed by atoms with Gasteiger partial charge < -0.3 is 10.3 Å². The van der Waals surface area contributed by atoms with Crippen molar-refractivity contribution in [2.75, 3.05) is 5.73 Å². The van der Waals surface area contributed by atoms with Crippen LogP contribution in [0.5, 0.6) is 0 Å². The van der Waals surface area contributed by atoms with E-state index in [1.807, 2.05) is 6.07 Å². The molecule has 0 spiro atoms. The molecule has 1 heterocycles. The second-order valence-electron chi connectivity index (χ2n) is 5.86. The summed E-state index contributed by atoms with van der Waals surface area (Å²) in [6, 6.07) is 1.83. The summed E-state index contributed by atoms with van der Waals surface area (Å²) in [7, 11) is 0. The number of nitrogens with two attached hydrogens (primary N) is 1. The summed E-state index contributed by atoms with van der Waals surface area (Å²) in [5, 5.41) is 3.69. The van der Waals surface area contributed by atoms with Gasteiger partial charge in [-0.05, 0) is 6.42 Å². The van der Waals surface area contributed by atoms with Crippen LogP contribution in [0.1, 0.15) is 89.7 Å². The fourth-order valence-electron chi connectivity index (χ4n) is 2.59. The Balaban J connectivity index is 1.76. The number of nitrogens with zero attached hydrogens (tertiary/aromatic N) is 1. The molecule has 0 aliphatic carbocycles. The first-order valence-corrected chi connectivity index (χ1v) is 8.54. The van der Waals surface area contributed by atoms with Crippen LogP contribution < -0.4 is 5.73 Å². The number of hydrogen-bond acceptors (Lipinski definition) is 3. The molecule has 0 atom stereocenters. The third-order valence-electron chi connectivity index (χ3n) is 3.85. The summed E-state index contributed by atoms with van der Waals surface area (Å²) in [4.78, 5) is 0. The van der Waals surface area contributed by atoms with Gasteiger partial charge >= 0.3 is 0 Å². The largest absolute Gasteiger partial charge is 0.381 e. The normalized spacial score (nSPS) is 11.1. The van der Waals surface area contributed by atoms with Gasteiger partial charge in [0.05, 0.1) is 0 Å². The zero-order valence-electron chi connectivity index (χ0n) is 13.2. The number of unbranched alkanes of at least 4 members (excludes halogenated alkanes) is 11. The van der Waals surface area contributed by atoms with Crippen LogP contribution in [-0.4, -0.2) is 5.16 Å². The summed E-state index contributed by atoms with van der Waals surface area (Å²) in [6.45, 7) is 2.28. The molecule has 0 radical (unpaired) electrons. The lowest BCUT2D eigenvalue weighted by atomic mass is 10.0. The highest BCUT2D eigenvalue weighted by atomic mass is 16.5. The van der Waals surface area contributed by atoms with Crippen LogP contribution in [0.4, 0.5) is 5.82 Å². The molecule has 0 fully saturated rings. The van der Waals surface area contributed by atoms with Crippen molar-refractivity contribution in [2.45, 2.75) is 90.4 Å². The molecule has 3 nitrogen and oxygen atoms in total. The molecule has 0 amide bonds. The minimum absolute atomic E-state index is 0.499. The van der Waals surface area contributed by atoms with E-state index in [0.717, 1.165) is 12.2 Å². The Morgan fingerprint density at radius 2 is 1.35 bits per heavy atom. The fourth-order valence-corrected chi connectivity index (χ4v) is 2.59. The van der Waals surface area contributed by atoms with Crippen molar-refractivity contribution in [1.82, 2.24) is 5.16 Å². The molecule has 0 aliphatic heterocycles. The predicted molar refractivity (Wildman–Crippen MR) is 85.7 cm³/mol. The Labute approximate surface area is 124 Å². The van der Waals surface area contributed by atoms with Crippen molar-refractivity contribution in [1.29, 1.82) is 0 Å². The molecule has 0 aromatic carbocycles. The highest BCUT2D eigenvalue weighted by molar-refractivity contribution is 5.26. The molecular formula is C17H32N2O. The van der Waals surface area contributed by atoms with Crippen molar-refractivity contribution in [2.24, 2.45) is 0 Å². The lowest BCUT2D eigenvalue weighted by Gasteiger charge is -2.02. The van der Waals surface area contributed by atoms with Crippen molar-refractivity contribution in [3.05, 3.63) is 11.8 Å². The van der Waals surface area contributed by atoms with Crippen LogP contribution in [0.25, 0.3) is 0 Å². The molecule has 1 aromatic rings. The Morgan fingerprint density at radius 1 is 0.850 bits per heavy atom. The first-order valence-electron chi connectivity index (χ1n) is 8.54. The van der Waals surface area contributed by atoms with E-state index in [4.69, 9.17) is 10.3 Å². The number of rotatable bonds is 13. The van der Waals surface area contributed by atoms with E-state index in [1.54, 1.807) is 0 Å². The SMILES string of the molecule is CCCCCCCCCCCCCCc1cc(N)no1. The van der Waals surface area contributed by atoms with Crippen LogP contribution in [0.3, 0.4) is 0 Å². The minimum atomic E-state index is 0.499. The van der Waals surface area contributed by atoms with E-state index >= 15 is 0 Å². The third kappa shape index (κ3) is 9.00. The molecule has 1 rings (SSSR count). The Bertz CT molecular complexity index is 323. The molecule has 0 saturated carbocycles. The minimum Gasteiger partial charge on any atom is -0.381 e. The molecule has 0 saturated heterocycles. The third-order valence-corrected chi connectivity index (χ3v) is 3.85. The predicted octanol–water partition coefficient (Wildman–Crippen LogP) is 5.50. The van der Waals surface area contributed by atoms with Crippen LogP contribution in [0.15, 0.2) is 10.6 Å². The molecule has 1 aromatic heterocycles. The summed E-state index contributed by atoms with van der Waals surface area (Å²) in [5.74, 6) is 1.42. The molecule has 20 heavy (non-hydrogen) atoms. The monoisotopic (exact) mass is 280 g/mol. The number of aryl methyl sites for hydroxylation is 1. The maximum atomic E-state index is 5.51. The van der Waals surface area contributed by atoms with Crippen molar-refractivity contribution >= 4 is 5.82 Å². The van der Waals surface area contributed by atoms with Crippen LogP contribution >= 0.6 is 0 Å². The average Bonchev–Trinajstić information content (AvgIpc) is 2.86.